The first-order valence-corrected chi connectivity index (χ1v) is 17.3. The van der Waals surface area contributed by atoms with E-state index in [1.807, 2.05) is 0 Å². The fourth-order valence-electron chi connectivity index (χ4n) is 7.30. The van der Waals surface area contributed by atoms with Gasteiger partial charge in [-0.1, -0.05) is 129 Å². The first-order chi connectivity index (χ1) is 24.1. The quantitative estimate of drug-likeness (QED) is 0.154. The summed E-state index contributed by atoms with van der Waals surface area (Å²) in [5.41, 5.74) is 14.7. The molecular formula is C47H40N2. The van der Waals surface area contributed by atoms with Crippen molar-refractivity contribution in [2.45, 2.75) is 32.1 Å². The van der Waals surface area contributed by atoms with Crippen molar-refractivity contribution >= 4 is 40.6 Å². The molecule has 0 saturated carbocycles. The Labute approximate surface area is 290 Å². The van der Waals surface area contributed by atoms with Crippen LogP contribution >= 0.6 is 0 Å². The Morgan fingerprint density at radius 2 is 0.959 bits per heavy atom. The van der Waals surface area contributed by atoms with Gasteiger partial charge < -0.3 is 9.80 Å². The number of nitrogens with zero attached hydrogens (tertiary/aromatic N) is 2. The summed E-state index contributed by atoms with van der Waals surface area (Å²) in [5, 5.41) is 0. The van der Waals surface area contributed by atoms with E-state index < -0.39 is 0 Å². The monoisotopic (exact) mass is 632 g/mol. The van der Waals surface area contributed by atoms with Crippen LogP contribution in [0.4, 0.5) is 28.4 Å². The number of hydrogen-bond donors (Lipinski definition) is 0. The molecule has 0 heterocycles. The van der Waals surface area contributed by atoms with Gasteiger partial charge in [0.25, 0.3) is 0 Å². The van der Waals surface area contributed by atoms with Crippen molar-refractivity contribution in [3.05, 3.63) is 198 Å². The third kappa shape index (κ3) is 5.91. The molecule has 0 bridgehead atoms. The highest BCUT2D eigenvalue weighted by Gasteiger charge is 2.36. The first kappa shape index (κ1) is 30.5. The molecular weight excluding hydrogens is 593 g/mol. The summed E-state index contributed by atoms with van der Waals surface area (Å²) < 4.78 is 0. The molecule has 2 aliphatic rings. The largest absolute Gasteiger partial charge is 0.311 e. The maximum atomic E-state index is 2.41. The topological polar surface area (TPSA) is 6.48 Å². The molecule has 238 valence electrons. The number of allylic oxidation sites excluding steroid dienone is 3. The molecule has 0 aliphatic heterocycles. The molecule has 2 nitrogen and oxygen atoms in total. The summed E-state index contributed by atoms with van der Waals surface area (Å²) >= 11 is 0. The highest BCUT2D eigenvalue weighted by Crippen LogP contribution is 2.50. The molecule has 6 aromatic rings. The van der Waals surface area contributed by atoms with Gasteiger partial charge in [-0.15, -0.1) is 0 Å². The van der Waals surface area contributed by atoms with Crippen LogP contribution in [0, 0.1) is 0 Å². The van der Waals surface area contributed by atoms with E-state index >= 15 is 0 Å². The molecule has 0 saturated heterocycles. The van der Waals surface area contributed by atoms with Crippen molar-refractivity contribution in [3.8, 4) is 11.1 Å². The second-order valence-corrected chi connectivity index (χ2v) is 13.4. The van der Waals surface area contributed by atoms with E-state index in [1.165, 1.54) is 50.5 Å². The van der Waals surface area contributed by atoms with Crippen LogP contribution in [0.5, 0.6) is 0 Å². The zero-order valence-corrected chi connectivity index (χ0v) is 28.1. The number of anilines is 5. The summed E-state index contributed by atoms with van der Waals surface area (Å²) in [6.45, 7) is 4.73. The van der Waals surface area contributed by atoms with E-state index in [0.717, 1.165) is 29.9 Å². The Balaban J connectivity index is 1.07. The molecule has 0 atom stereocenters. The third-order valence-electron chi connectivity index (χ3n) is 9.84. The molecule has 2 heteroatoms. The summed E-state index contributed by atoms with van der Waals surface area (Å²) in [6.07, 6.45) is 13.5. The number of hydrogen-bond acceptors (Lipinski definition) is 2. The average Bonchev–Trinajstić information content (AvgIpc) is 3.38. The number of benzene rings is 6. The molecule has 0 unspecified atom stereocenters. The molecule has 49 heavy (non-hydrogen) atoms. The van der Waals surface area contributed by atoms with Crippen molar-refractivity contribution in [1.82, 2.24) is 0 Å². The van der Waals surface area contributed by atoms with Gasteiger partial charge in [0.15, 0.2) is 0 Å². The number of para-hydroxylation sites is 3. The molecule has 2 aliphatic carbocycles. The van der Waals surface area contributed by atoms with E-state index in [1.54, 1.807) is 0 Å². The zero-order chi connectivity index (χ0) is 33.2. The van der Waals surface area contributed by atoms with Crippen LogP contribution in [0.15, 0.2) is 176 Å². The van der Waals surface area contributed by atoms with Crippen LogP contribution in [-0.4, -0.2) is 0 Å². The van der Waals surface area contributed by atoms with Gasteiger partial charge in [-0.3, -0.25) is 0 Å². The third-order valence-corrected chi connectivity index (χ3v) is 9.84. The molecule has 0 radical (unpaired) electrons. The highest BCUT2D eigenvalue weighted by molar-refractivity contribution is 5.86. The van der Waals surface area contributed by atoms with Crippen LogP contribution in [-0.2, 0) is 5.41 Å². The second kappa shape index (κ2) is 13.0. The first-order valence-electron chi connectivity index (χ1n) is 17.3. The summed E-state index contributed by atoms with van der Waals surface area (Å²) in [5.74, 6) is 0. The summed E-state index contributed by atoms with van der Waals surface area (Å²) in [4.78, 5) is 4.69. The van der Waals surface area contributed by atoms with Crippen molar-refractivity contribution in [3.63, 3.8) is 0 Å². The van der Waals surface area contributed by atoms with Crippen LogP contribution in [0.1, 0.15) is 48.9 Å². The van der Waals surface area contributed by atoms with Crippen LogP contribution in [0.3, 0.4) is 0 Å². The van der Waals surface area contributed by atoms with Crippen molar-refractivity contribution in [2.75, 3.05) is 9.80 Å². The van der Waals surface area contributed by atoms with Crippen molar-refractivity contribution in [2.24, 2.45) is 0 Å². The van der Waals surface area contributed by atoms with Crippen molar-refractivity contribution in [1.29, 1.82) is 0 Å². The van der Waals surface area contributed by atoms with Gasteiger partial charge in [0.1, 0.15) is 0 Å². The van der Waals surface area contributed by atoms with Crippen LogP contribution in [0.2, 0.25) is 0 Å². The smallest absolute Gasteiger partial charge is 0.0464 e. The SMILES string of the molecule is CC1(C)c2cc(/C=C/c3ccc(N(c4ccccc4)c4ccccc4)cc3)ccc2-c2ccc(N(C3=CCCC=C3)c3ccccc3)cc21. The standard InChI is InChI=1S/C47H40N2/c1-47(2)45-33-36(24-23-35-25-28-41(29-26-35)48(37-15-7-3-8-16-37)38-17-9-4-10-18-38)27-31-43(45)44-32-30-42(34-46(44)47)49(39-19-11-5-12-20-39)40-21-13-6-14-22-40/h3-5,7-13,15-34H,6,14H2,1-2H3/b24-23+. The van der Waals surface area contributed by atoms with E-state index in [-0.39, 0.29) is 5.41 Å². The normalized spacial score (nSPS) is 14.3. The Hall–Kier alpha value is -5.86. The maximum absolute atomic E-state index is 2.41. The average molecular weight is 633 g/mol. The summed E-state index contributed by atoms with van der Waals surface area (Å²) in [7, 11) is 0. The molecule has 0 N–H and O–H groups in total. The van der Waals surface area contributed by atoms with E-state index in [0.29, 0.717) is 0 Å². The molecule has 6 aromatic carbocycles. The fourth-order valence-corrected chi connectivity index (χ4v) is 7.30. The zero-order valence-electron chi connectivity index (χ0n) is 28.1. The minimum Gasteiger partial charge on any atom is -0.311 e. The van der Waals surface area contributed by atoms with Gasteiger partial charge in [-0.2, -0.15) is 0 Å². The lowest BCUT2D eigenvalue weighted by Gasteiger charge is -2.29. The Bertz CT molecular complexity index is 2130. The van der Waals surface area contributed by atoms with Crippen molar-refractivity contribution < 1.29 is 0 Å². The maximum Gasteiger partial charge on any atom is 0.0464 e. The fraction of sp³-hybridized carbons (Fsp3) is 0.106. The minimum absolute atomic E-state index is 0.121. The minimum atomic E-state index is -0.121. The van der Waals surface area contributed by atoms with Crippen LogP contribution < -0.4 is 9.80 Å². The Morgan fingerprint density at radius 1 is 0.469 bits per heavy atom. The van der Waals surface area contributed by atoms with Gasteiger partial charge in [-0.25, -0.2) is 0 Å². The molecule has 8 rings (SSSR count). The second-order valence-electron chi connectivity index (χ2n) is 13.4. The Kier molecular flexibility index (Phi) is 8.07. The predicted octanol–water partition coefficient (Wildman–Crippen LogP) is 13.0. The highest BCUT2D eigenvalue weighted by atomic mass is 15.1. The number of rotatable bonds is 8. The molecule has 0 amide bonds. The lowest BCUT2D eigenvalue weighted by molar-refractivity contribution is 0.660. The summed E-state index contributed by atoms with van der Waals surface area (Å²) in [6, 6.07) is 54.6. The van der Waals surface area contributed by atoms with Crippen LogP contribution in [0.25, 0.3) is 23.3 Å². The van der Waals surface area contributed by atoms with Gasteiger partial charge in [0.05, 0.1) is 0 Å². The van der Waals surface area contributed by atoms with Gasteiger partial charge in [-0.05, 0) is 113 Å². The van der Waals surface area contributed by atoms with E-state index in [2.05, 4.69) is 206 Å². The van der Waals surface area contributed by atoms with E-state index in [9.17, 15) is 0 Å². The van der Waals surface area contributed by atoms with Gasteiger partial charge in [0, 0.05) is 39.5 Å². The van der Waals surface area contributed by atoms with Gasteiger partial charge >= 0.3 is 0 Å². The lowest BCUT2D eigenvalue weighted by Crippen LogP contribution is -2.19. The molecule has 0 spiro atoms. The lowest BCUT2D eigenvalue weighted by atomic mass is 9.81. The predicted molar refractivity (Wildman–Crippen MR) is 209 cm³/mol. The van der Waals surface area contributed by atoms with E-state index in [4.69, 9.17) is 0 Å². The molecule has 0 fully saturated rings. The number of fused-ring (bicyclic) bond motifs is 3. The molecule has 0 aromatic heterocycles. The van der Waals surface area contributed by atoms with Gasteiger partial charge in [0.2, 0.25) is 0 Å². The Morgan fingerprint density at radius 3 is 1.55 bits per heavy atom.